The maximum atomic E-state index is 15.0. The number of amides is 1. The Kier molecular flexibility index (Phi) is 5.90. The van der Waals surface area contributed by atoms with Gasteiger partial charge < -0.3 is 9.47 Å². The number of halogens is 2. The second-order valence-electron chi connectivity index (χ2n) is 7.93. The number of fused-ring (bicyclic) bond motifs is 1. The van der Waals surface area contributed by atoms with Crippen LogP contribution in [-0.2, 0) is 20.7 Å². The molecule has 1 aliphatic heterocycles. The van der Waals surface area contributed by atoms with E-state index >= 15 is 0 Å². The van der Waals surface area contributed by atoms with Crippen LogP contribution in [0.4, 0.5) is 14.9 Å². The molecule has 3 rings (SSSR count). The van der Waals surface area contributed by atoms with E-state index in [1.54, 1.807) is 26.8 Å². The summed E-state index contributed by atoms with van der Waals surface area (Å²) in [5, 5.41) is 2.35. The monoisotopic (exact) mass is 436 g/mol. The number of pyridine rings is 1. The number of nitrogens with zero attached hydrogens (tertiary/aromatic N) is 1. The van der Waals surface area contributed by atoms with E-state index < -0.39 is 35.1 Å². The smallest absolute Gasteiger partial charge is 0.412 e. The number of benzene rings is 1. The summed E-state index contributed by atoms with van der Waals surface area (Å²) in [7, 11) is 1.26. The summed E-state index contributed by atoms with van der Waals surface area (Å²) in [6, 6.07) is 4.85. The Bertz CT molecular complexity index is 1070. The van der Waals surface area contributed by atoms with Crippen LogP contribution in [0.3, 0.4) is 0 Å². The van der Waals surface area contributed by atoms with Crippen molar-refractivity contribution >= 4 is 29.4 Å². The lowest BCUT2D eigenvalue weighted by molar-refractivity contribution is -0.144. The van der Waals surface area contributed by atoms with Gasteiger partial charge in [-0.25, -0.2) is 14.0 Å². The van der Waals surface area contributed by atoms with E-state index in [9.17, 15) is 18.8 Å². The highest BCUT2D eigenvalue weighted by Gasteiger charge is 2.31. The Morgan fingerprint density at radius 3 is 2.60 bits per heavy atom. The average Bonchev–Trinajstić information content (AvgIpc) is 3.07. The minimum absolute atomic E-state index is 0.0321. The number of hydrogen-bond acceptors (Lipinski definition) is 5. The van der Waals surface area contributed by atoms with Gasteiger partial charge >= 0.3 is 12.1 Å². The number of nitrogens with one attached hydrogen (secondary N) is 1. The van der Waals surface area contributed by atoms with Gasteiger partial charge in [0, 0.05) is 17.3 Å². The SMILES string of the molecule is COC(=O)C1CCc2cc(-c3c(NC(=O)OC(C)(C)C)ccc(Cl)c3F)cc(=O)n21. The standard InChI is InChI=1S/C21H22ClFN2O5/c1-21(2,3)30-20(28)24-14-7-6-13(22)18(23)17(14)11-9-12-5-8-15(19(27)29-4)25(12)16(26)10-11/h6-7,9-10,15H,5,8H2,1-4H3,(H,24,28). The minimum atomic E-state index is -0.780. The lowest BCUT2D eigenvalue weighted by atomic mass is 10.0. The van der Waals surface area contributed by atoms with Gasteiger partial charge in [0.25, 0.3) is 5.56 Å². The van der Waals surface area contributed by atoms with Crippen molar-refractivity contribution in [2.45, 2.75) is 45.3 Å². The number of methoxy groups -OCH3 is 1. The number of carbonyl (C=O) groups excluding carboxylic acids is 2. The van der Waals surface area contributed by atoms with Gasteiger partial charge in [0.2, 0.25) is 0 Å². The number of hydrogen-bond donors (Lipinski definition) is 1. The molecule has 9 heteroatoms. The Hall–Kier alpha value is -2.87. The first kappa shape index (κ1) is 21.8. The lowest BCUT2D eigenvalue weighted by Crippen LogP contribution is -2.28. The van der Waals surface area contributed by atoms with E-state index in [-0.39, 0.29) is 21.8 Å². The van der Waals surface area contributed by atoms with E-state index in [1.807, 2.05) is 0 Å². The molecule has 30 heavy (non-hydrogen) atoms. The fourth-order valence-corrected chi connectivity index (χ4v) is 3.61. The Morgan fingerprint density at radius 2 is 1.97 bits per heavy atom. The topological polar surface area (TPSA) is 86.6 Å². The molecule has 2 aromatic rings. The van der Waals surface area contributed by atoms with Gasteiger partial charge in [-0.1, -0.05) is 11.6 Å². The van der Waals surface area contributed by atoms with Crippen LogP contribution in [-0.4, -0.2) is 29.3 Å². The first-order valence-corrected chi connectivity index (χ1v) is 9.71. The molecule has 0 saturated carbocycles. The maximum Gasteiger partial charge on any atom is 0.412 e. The van der Waals surface area contributed by atoms with Crippen molar-refractivity contribution in [1.82, 2.24) is 4.57 Å². The molecule has 1 N–H and O–H groups in total. The van der Waals surface area contributed by atoms with Gasteiger partial charge in [-0.2, -0.15) is 0 Å². The van der Waals surface area contributed by atoms with Crippen LogP contribution in [0, 0.1) is 5.82 Å². The third-order valence-corrected chi connectivity index (χ3v) is 4.92. The van der Waals surface area contributed by atoms with E-state index in [0.717, 1.165) is 0 Å². The van der Waals surface area contributed by atoms with Gasteiger partial charge in [-0.05, 0) is 57.4 Å². The van der Waals surface area contributed by atoms with Crippen LogP contribution in [0.25, 0.3) is 11.1 Å². The zero-order valence-electron chi connectivity index (χ0n) is 17.0. The highest BCUT2D eigenvalue weighted by molar-refractivity contribution is 6.31. The maximum absolute atomic E-state index is 15.0. The molecule has 1 atom stereocenters. The predicted molar refractivity (Wildman–Crippen MR) is 110 cm³/mol. The molecular formula is C21H22ClFN2O5. The molecule has 160 valence electrons. The van der Waals surface area contributed by atoms with E-state index in [1.165, 1.54) is 29.9 Å². The molecular weight excluding hydrogens is 415 g/mol. The van der Waals surface area contributed by atoms with Gasteiger partial charge in [0.15, 0.2) is 5.82 Å². The summed E-state index contributed by atoms with van der Waals surface area (Å²) in [6.07, 6.45) is 0.0841. The van der Waals surface area contributed by atoms with Crippen LogP contribution in [0.5, 0.6) is 0 Å². The molecule has 0 bridgehead atoms. The number of carbonyl (C=O) groups is 2. The molecule has 2 heterocycles. The number of aromatic nitrogens is 1. The molecule has 0 saturated heterocycles. The van der Waals surface area contributed by atoms with Crippen molar-refractivity contribution in [3.63, 3.8) is 0 Å². The summed E-state index contributed by atoms with van der Waals surface area (Å²) in [6.45, 7) is 5.11. The zero-order chi connectivity index (χ0) is 22.2. The van der Waals surface area contributed by atoms with E-state index in [4.69, 9.17) is 21.1 Å². The van der Waals surface area contributed by atoms with Crippen molar-refractivity contribution in [3.05, 3.63) is 51.2 Å². The van der Waals surface area contributed by atoms with Crippen LogP contribution in [0.1, 0.15) is 38.9 Å². The van der Waals surface area contributed by atoms with Crippen LogP contribution < -0.4 is 10.9 Å². The summed E-state index contributed by atoms with van der Waals surface area (Å²) >= 11 is 5.96. The Morgan fingerprint density at radius 1 is 1.27 bits per heavy atom. The van der Waals surface area contributed by atoms with Gasteiger partial charge in [-0.15, -0.1) is 0 Å². The fourth-order valence-electron chi connectivity index (χ4n) is 3.45. The summed E-state index contributed by atoms with van der Waals surface area (Å²) in [5.41, 5.74) is -0.338. The second kappa shape index (κ2) is 8.10. The molecule has 0 fully saturated rings. The molecule has 1 aromatic carbocycles. The third kappa shape index (κ3) is 4.33. The molecule has 0 aliphatic carbocycles. The van der Waals surface area contributed by atoms with Crippen molar-refractivity contribution in [2.75, 3.05) is 12.4 Å². The number of aryl methyl sites for hydroxylation is 1. The molecule has 7 nitrogen and oxygen atoms in total. The normalized spacial score (nSPS) is 15.5. The molecule has 1 aromatic heterocycles. The minimum Gasteiger partial charge on any atom is -0.467 e. The van der Waals surface area contributed by atoms with Gasteiger partial charge in [-0.3, -0.25) is 14.7 Å². The fraction of sp³-hybridized carbons (Fsp3) is 0.381. The highest BCUT2D eigenvalue weighted by atomic mass is 35.5. The van der Waals surface area contributed by atoms with E-state index in [2.05, 4.69) is 5.32 Å². The number of anilines is 1. The molecule has 0 radical (unpaired) electrons. The molecule has 1 aliphatic rings. The second-order valence-corrected chi connectivity index (χ2v) is 8.34. The van der Waals surface area contributed by atoms with Crippen molar-refractivity contribution < 1.29 is 23.5 Å². The van der Waals surface area contributed by atoms with Crippen LogP contribution in [0.15, 0.2) is 29.1 Å². The lowest BCUT2D eigenvalue weighted by Gasteiger charge is -2.21. The first-order chi connectivity index (χ1) is 14.0. The first-order valence-electron chi connectivity index (χ1n) is 9.33. The highest BCUT2D eigenvalue weighted by Crippen LogP contribution is 2.36. The summed E-state index contributed by atoms with van der Waals surface area (Å²) in [5.74, 6) is -1.29. The van der Waals surface area contributed by atoms with Crippen molar-refractivity contribution in [2.24, 2.45) is 0 Å². The molecule has 1 amide bonds. The van der Waals surface area contributed by atoms with Crippen LogP contribution >= 0.6 is 11.6 Å². The Balaban J connectivity index is 2.07. The number of ether oxygens (including phenoxy) is 2. The largest absolute Gasteiger partial charge is 0.467 e. The third-order valence-electron chi connectivity index (χ3n) is 4.63. The van der Waals surface area contributed by atoms with Crippen molar-refractivity contribution in [1.29, 1.82) is 0 Å². The Labute approximate surface area is 177 Å². The summed E-state index contributed by atoms with van der Waals surface area (Å²) in [4.78, 5) is 36.9. The van der Waals surface area contributed by atoms with E-state index in [0.29, 0.717) is 18.5 Å². The zero-order valence-corrected chi connectivity index (χ0v) is 17.8. The predicted octanol–water partition coefficient (Wildman–Crippen LogP) is 4.32. The molecule has 0 spiro atoms. The number of rotatable bonds is 3. The van der Waals surface area contributed by atoms with Gasteiger partial charge in [0.05, 0.1) is 17.8 Å². The van der Waals surface area contributed by atoms with Gasteiger partial charge in [0.1, 0.15) is 11.6 Å². The quantitative estimate of drug-likeness (QED) is 0.724. The molecule has 1 unspecified atom stereocenters. The number of esters is 1. The van der Waals surface area contributed by atoms with Crippen LogP contribution in [0.2, 0.25) is 5.02 Å². The summed E-state index contributed by atoms with van der Waals surface area (Å²) < 4.78 is 26.3. The average molecular weight is 437 g/mol. The van der Waals surface area contributed by atoms with Crippen molar-refractivity contribution in [3.8, 4) is 11.1 Å².